The van der Waals surface area contributed by atoms with Crippen LogP contribution in [0.3, 0.4) is 0 Å². The van der Waals surface area contributed by atoms with Crippen molar-refractivity contribution in [2.75, 3.05) is 13.2 Å². The molecule has 2 aliphatic heterocycles. The summed E-state index contributed by atoms with van der Waals surface area (Å²) in [7, 11) is 0. The summed E-state index contributed by atoms with van der Waals surface area (Å²) < 4.78 is 15.1. The standard InChI is InChI=1S/C12H22O11.H3N/c13-1-3-5(14)8(17)10(19)12(23-3)21-2-4-6(15)7(16)9(18)11(20)22-4;/h3-20H,1-2H2;1H3. The molecule has 24 heavy (non-hydrogen) atoms. The highest BCUT2D eigenvalue weighted by Gasteiger charge is 2.46. The van der Waals surface area contributed by atoms with Gasteiger partial charge in [-0.05, 0) is 0 Å². The van der Waals surface area contributed by atoms with Crippen molar-refractivity contribution < 1.29 is 55.1 Å². The quantitative estimate of drug-likeness (QED) is 0.229. The highest BCUT2D eigenvalue weighted by atomic mass is 16.7. The van der Waals surface area contributed by atoms with Gasteiger partial charge in [0.25, 0.3) is 0 Å². The van der Waals surface area contributed by atoms with E-state index in [1.807, 2.05) is 0 Å². The summed E-state index contributed by atoms with van der Waals surface area (Å²) in [4.78, 5) is 0. The van der Waals surface area contributed by atoms with Crippen molar-refractivity contribution in [1.82, 2.24) is 6.15 Å². The molecule has 2 heterocycles. The third kappa shape index (κ3) is 4.19. The Bertz CT molecular complexity index is 386. The maximum absolute atomic E-state index is 9.78. The van der Waals surface area contributed by atoms with Gasteiger partial charge in [-0.15, -0.1) is 0 Å². The van der Waals surface area contributed by atoms with Crippen molar-refractivity contribution in [2.24, 2.45) is 0 Å². The largest absolute Gasteiger partial charge is 0.394 e. The highest BCUT2D eigenvalue weighted by Crippen LogP contribution is 2.24. The van der Waals surface area contributed by atoms with E-state index < -0.39 is 74.6 Å². The van der Waals surface area contributed by atoms with Crippen molar-refractivity contribution in [3.63, 3.8) is 0 Å². The Kier molecular flexibility index (Phi) is 7.86. The van der Waals surface area contributed by atoms with E-state index in [1.165, 1.54) is 0 Å². The van der Waals surface area contributed by atoms with Crippen LogP contribution >= 0.6 is 0 Å². The van der Waals surface area contributed by atoms with E-state index in [2.05, 4.69) is 0 Å². The lowest BCUT2D eigenvalue weighted by Crippen LogP contribution is -2.61. The normalized spacial score (nSPS) is 49.5. The summed E-state index contributed by atoms with van der Waals surface area (Å²) in [6.07, 6.45) is -15.3. The van der Waals surface area contributed by atoms with Crippen LogP contribution < -0.4 is 6.15 Å². The van der Waals surface area contributed by atoms with E-state index in [9.17, 15) is 35.7 Å². The summed E-state index contributed by atoms with van der Waals surface area (Å²) in [6.45, 7) is -1.10. The predicted octanol–water partition coefficient (Wildman–Crippen LogP) is -5.24. The number of aliphatic hydroxyl groups excluding tert-OH is 8. The zero-order chi connectivity index (χ0) is 17.3. The molecule has 0 spiro atoms. The first kappa shape index (κ1) is 21.6. The van der Waals surface area contributed by atoms with Gasteiger partial charge in [-0.25, -0.2) is 0 Å². The summed E-state index contributed by atoms with van der Waals surface area (Å²) in [5.74, 6) is 0. The summed E-state index contributed by atoms with van der Waals surface area (Å²) in [5, 5.41) is 76.1. The van der Waals surface area contributed by atoms with Crippen LogP contribution in [0.15, 0.2) is 0 Å². The van der Waals surface area contributed by atoms with E-state index in [0.717, 1.165) is 0 Å². The zero-order valence-electron chi connectivity index (χ0n) is 12.7. The third-order valence-corrected chi connectivity index (χ3v) is 3.96. The molecule has 144 valence electrons. The first-order chi connectivity index (χ1) is 10.8. The second-order valence-electron chi connectivity index (χ2n) is 5.57. The summed E-state index contributed by atoms with van der Waals surface area (Å²) >= 11 is 0. The van der Waals surface area contributed by atoms with Crippen LogP contribution in [-0.2, 0) is 14.2 Å². The van der Waals surface area contributed by atoms with E-state index in [0.29, 0.717) is 0 Å². The Labute approximate surface area is 137 Å². The molecule has 0 aliphatic carbocycles. The van der Waals surface area contributed by atoms with E-state index >= 15 is 0 Å². The smallest absolute Gasteiger partial charge is 0.186 e. The Hall–Kier alpha value is -0.480. The first-order valence-electron chi connectivity index (χ1n) is 7.07. The maximum atomic E-state index is 9.78. The lowest BCUT2D eigenvalue weighted by atomic mass is 9.98. The predicted molar refractivity (Wildman–Crippen MR) is 73.6 cm³/mol. The number of rotatable bonds is 4. The van der Waals surface area contributed by atoms with Gasteiger partial charge in [0.2, 0.25) is 0 Å². The van der Waals surface area contributed by atoms with Crippen LogP contribution in [0.4, 0.5) is 0 Å². The van der Waals surface area contributed by atoms with Crippen LogP contribution in [0.1, 0.15) is 0 Å². The van der Waals surface area contributed by atoms with E-state index in [1.54, 1.807) is 0 Å². The Morgan fingerprint density at radius 2 is 1.21 bits per heavy atom. The van der Waals surface area contributed by atoms with Gasteiger partial charge in [-0.3, -0.25) is 0 Å². The van der Waals surface area contributed by atoms with Crippen molar-refractivity contribution in [3.8, 4) is 0 Å². The summed E-state index contributed by atoms with van der Waals surface area (Å²) in [5.41, 5.74) is 0. The molecule has 0 amide bonds. The Morgan fingerprint density at radius 1 is 0.667 bits per heavy atom. The SMILES string of the molecule is N.OCC1OC(OCC2OC(O)C(O)C(O)C2O)C(O)C(O)C1O. The number of ether oxygens (including phenoxy) is 3. The van der Waals surface area contributed by atoms with Gasteiger partial charge in [0.15, 0.2) is 12.6 Å². The van der Waals surface area contributed by atoms with Crippen molar-refractivity contribution in [2.45, 2.75) is 61.4 Å². The molecule has 10 atom stereocenters. The van der Waals surface area contributed by atoms with E-state index in [-0.39, 0.29) is 6.15 Å². The fourth-order valence-electron chi connectivity index (χ4n) is 2.46. The second-order valence-corrected chi connectivity index (χ2v) is 5.57. The molecule has 0 bridgehead atoms. The lowest BCUT2D eigenvalue weighted by Gasteiger charge is -2.41. The van der Waals surface area contributed by atoms with Crippen molar-refractivity contribution in [1.29, 1.82) is 0 Å². The maximum Gasteiger partial charge on any atom is 0.186 e. The number of aliphatic hydroxyl groups is 8. The molecule has 12 heteroatoms. The molecule has 0 saturated carbocycles. The topological polar surface area (TPSA) is 225 Å². The molecule has 2 fully saturated rings. The molecule has 0 radical (unpaired) electrons. The molecule has 11 N–H and O–H groups in total. The van der Waals surface area contributed by atoms with Crippen LogP contribution in [0.2, 0.25) is 0 Å². The molecular weight excluding hydrogens is 334 g/mol. The van der Waals surface area contributed by atoms with Gasteiger partial charge in [0.1, 0.15) is 48.8 Å². The monoisotopic (exact) mass is 359 g/mol. The molecule has 0 aromatic heterocycles. The van der Waals surface area contributed by atoms with Gasteiger partial charge < -0.3 is 61.2 Å². The molecule has 2 saturated heterocycles. The minimum atomic E-state index is -1.74. The van der Waals surface area contributed by atoms with Gasteiger partial charge in [-0.2, -0.15) is 0 Å². The molecule has 12 nitrogen and oxygen atoms in total. The van der Waals surface area contributed by atoms with Crippen LogP contribution in [0.5, 0.6) is 0 Å². The third-order valence-electron chi connectivity index (χ3n) is 3.96. The Balaban J connectivity index is 0.00000288. The fourth-order valence-corrected chi connectivity index (χ4v) is 2.46. The van der Waals surface area contributed by atoms with Crippen LogP contribution in [0.25, 0.3) is 0 Å². The molecular formula is C12H25NO11. The molecule has 0 aromatic rings. The van der Waals surface area contributed by atoms with Crippen LogP contribution in [0, 0.1) is 0 Å². The number of hydrogen-bond acceptors (Lipinski definition) is 12. The van der Waals surface area contributed by atoms with Crippen molar-refractivity contribution in [3.05, 3.63) is 0 Å². The van der Waals surface area contributed by atoms with Gasteiger partial charge >= 0.3 is 0 Å². The zero-order valence-corrected chi connectivity index (χ0v) is 12.7. The number of hydrogen-bond donors (Lipinski definition) is 9. The molecule has 2 aliphatic rings. The van der Waals surface area contributed by atoms with E-state index in [4.69, 9.17) is 19.3 Å². The van der Waals surface area contributed by atoms with Gasteiger partial charge in [-0.1, -0.05) is 0 Å². The minimum absolute atomic E-state index is 0. The molecule has 10 unspecified atom stereocenters. The van der Waals surface area contributed by atoms with Crippen LogP contribution in [-0.4, -0.2) is 115 Å². The molecule has 0 aromatic carbocycles. The highest BCUT2D eigenvalue weighted by molar-refractivity contribution is 4.91. The van der Waals surface area contributed by atoms with Gasteiger partial charge in [0.05, 0.1) is 13.2 Å². The first-order valence-corrected chi connectivity index (χ1v) is 7.07. The van der Waals surface area contributed by atoms with Crippen molar-refractivity contribution >= 4 is 0 Å². The minimum Gasteiger partial charge on any atom is -0.394 e. The summed E-state index contributed by atoms with van der Waals surface area (Å²) in [6, 6.07) is 0. The Morgan fingerprint density at radius 3 is 1.79 bits per heavy atom. The lowest BCUT2D eigenvalue weighted by molar-refractivity contribution is -0.325. The van der Waals surface area contributed by atoms with Gasteiger partial charge in [0, 0.05) is 0 Å². The fraction of sp³-hybridized carbons (Fsp3) is 1.00. The molecule has 2 rings (SSSR count). The average molecular weight is 359 g/mol. The second kappa shape index (κ2) is 8.75. The average Bonchev–Trinajstić information content (AvgIpc) is 2.54.